The number of aromatic nitrogens is 2. The monoisotopic (exact) mass is 364 g/mol. The summed E-state index contributed by atoms with van der Waals surface area (Å²) in [5, 5.41) is 14.3. The Morgan fingerprint density at radius 2 is 2.08 bits per heavy atom. The third-order valence-electron chi connectivity index (χ3n) is 5.47. The molecule has 0 unspecified atom stereocenters. The number of piperidine rings is 2. The van der Waals surface area contributed by atoms with E-state index in [2.05, 4.69) is 10.00 Å². The summed E-state index contributed by atoms with van der Waals surface area (Å²) in [7, 11) is 0. The van der Waals surface area contributed by atoms with Crippen molar-refractivity contribution in [2.24, 2.45) is 0 Å². The van der Waals surface area contributed by atoms with Gasteiger partial charge in [0.15, 0.2) is 0 Å². The van der Waals surface area contributed by atoms with E-state index in [1.165, 1.54) is 0 Å². The number of carbonyl (C=O) groups excluding carboxylic acids is 1. The number of aliphatic hydroxyl groups is 1. The summed E-state index contributed by atoms with van der Waals surface area (Å²) in [6, 6.07) is 2.36. The number of rotatable bonds is 6. The molecule has 3 rings (SSSR count). The highest BCUT2D eigenvalue weighted by Crippen LogP contribution is 2.22. The van der Waals surface area contributed by atoms with Crippen molar-refractivity contribution in [3.63, 3.8) is 0 Å². The van der Waals surface area contributed by atoms with E-state index in [4.69, 9.17) is 4.74 Å². The summed E-state index contributed by atoms with van der Waals surface area (Å²) in [6.45, 7) is 9.11. The van der Waals surface area contributed by atoms with Crippen LogP contribution in [0.1, 0.15) is 48.8 Å². The molecule has 2 saturated heterocycles. The SMILES string of the molecule is CCOCCn1nc(C)cc1C(=O)N1CCC(N2CCC[C@H](O)C2)CC1. The maximum absolute atomic E-state index is 13.0. The molecule has 0 bridgehead atoms. The average Bonchev–Trinajstić information content (AvgIpc) is 3.02. The molecule has 0 aliphatic carbocycles. The molecule has 2 aliphatic heterocycles. The zero-order valence-corrected chi connectivity index (χ0v) is 16.1. The number of hydrogen-bond acceptors (Lipinski definition) is 5. The predicted octanol–water partition coefficient (Wildman–Crippen LogP) is 1.29. The number of carbonyl (C=O) groups is 1. The molecule has 1 atom stereocenters. The van der Waals surface area contributed by atoms with Crippen LogP contribution < -0.4 is 0 Å². The van der Waals surface area contributed by atoms with E-state index in [9.17, 15) is 9.90 Å². The lowest BCUT2D eigenvalue weighted by molar-refractivity contribution is 0.0237. The normalized spacial score (nSPS) is 22.7. The first-order valence-corrected chi connectivity index (χ1v) is 9.92. The van der Waals surface area contributed by atoms with Gasteiger partial charge in [-0.25, -0.2) is 0 Å². The average molecular weight is 364 g/mol. The third-order valence-corrected chi connectivity index (χ3v) is 5.47. The van der Waals surface area contributed by atoms with Gasteiger partial charge in [-0.05, 0) is 52.1 Å². The van der Waals surface area contributed by atoms with Gasteiger partial charge in [-0.15, -0.1) is 0 Å². The minimum absolute atomic E-state index is 0.0687. The topological polar surface area (TPSA) is 70.8 Å². The highest BCUT2D eigenvalue weighted by atomic mass is 16.5. The van der Waals surface area contributed by atoms with Crippen LogP contribution in [0.3, 0.4) is 0 Å². The standard InChI is InChI=1S/C19H32N4O3/c1-3-26-12-11-23-18(13-15(2)20-23)19(25)21-9-6-16(7-10-21)22-8-4-5-17(24)14-22/h13,16-17,24H,3-12,14H2,1-2H3/t17-/m0/s1. The van der Waals surface area contributed by atoms with Crippen molar-refractivity contribution < 1.29 is 14.6 Å². The van der Waals surface area contributed by atoms with E-state index in [0.29, 0.717) is 31.5 Å². The van der Waals surface area contributed by atoms with Crippen molar-refractivity contribution in [3.8, 4) is 0 Å². The van der Waals surface area contributed by atoms with Crippen molar-refractivity contribution in [2.45, 2.75) is 58.2 Å². The van der Waals surface area contributed by atoms with Crippen LogP contribution in [0.25, 0.3) is 0 Å². The number of β-amino-alcohol motifs (C(OH)–C–C–N with tert-alkyl or cyclic N) is 1. The molecule has 0 saturated carbocycles. The van der Waals surface area contributed by atoms with E-state index in [0.717, 1.165) is 57.6 Å². The lowest BCUT2D eigenvalue weighted by Gasteiger charge is -2.41. The molecule has 0 radical (unpaired) electrons. The van der Waals surface area contributed by atoms with Gasteiger partial charge in [-0.1, -0.05) is 0 Å². The fourth-order valence-electron chi connectivity index (χ4n) is 4.09. The first-order chi connectivity index (χ1) is 12.6. The lowest BCUT2D eigenvalue weighted by Crippen LogP contribution is -2.50. The maximum atomic E-state index is 13.0. The molecule has 2 fully saturated rings. The van der Waals surface area contributed by atoms with Gasteiger partial charge in [-0.2, -0.15) is 5.10 Å². The summed E-state index contributed by atoms with van der Waals surface area (Å²) < 4.78 is 7.18. The highest BCUT2D eigenvalue weighted by molar-refractivity contribution is 5.92. The molecule has 26 heavy (non-hydrogen) atoms. The van der Waals surface area contributed by atoms with Crippen molar-refractivity contribution in [1.82, 2.24) is 19.6 Å². The molecule has 1 aromatic heterocycles. The van der Waals surface area contributed by atoms with Crippen LogP contribution >= 0.6 is 0 Å². The van der Waals surface area contributed by atoms with Crippen LogP contribution in [0.15, 0.2) is 6.07 Å². The van der Waals surface area contributed by atoms with E-state index in [-0.39, 0.29) is 12.0 Å². The summed E-state index contributed by atoms with van der Waals surface area (Å²) >= 11 is 0. The second-order valence-electron chi connectivity index (χ2n) is 7.41. The smallest absolute Gasteiger partial charge is 0.272 e. The van der Waals surface area contributed by atoms with Crippen LogP contribution in [0.4, 0.5) is 0 Å². The highest BCUT2D eigenvalue weighted by Gasteiger charge is 2.30. The van der Waals surface area contributed by atoms with Gasteiger partial charge in [0.05, 0.1) is 24.9 Å². The number of likely N-dealkylation sites (tertiary alicyclic amines) is 2. The Kier molecular flexibility index (Phi) is 6.67. The molecule has 1 N–H and O–H groups in total. The molecule has 1 aromatic rings. The van der Waals surface area contributed by atoms with Gasteiger partial charge in [0.1, 0.15) is 5.69 Å². The molecule has 3 heterocycles. The fraction of sp³-hybridized carbons (Fsp3) is 0.789. The molecule has 1 amide bonds. The molecular weight excluding hydrogens is 332 g/mol. The summed E-state index contributed by atoms with van der Waals surface area (Å²) in [4.78, 5) is 17.3. The van der Waals surface area contributed by atoms with Gasteiger partial charge >= 0.3 is 0 Å². The van der Waals surface area contributed by atoms with Crippen LogP contribution in [0.2, 0.25) is 0 Å². The first kappa shape index (κ1) is 19.3. The summed E-state index contributed by atoms with van der Waals surface area (Å²) in [5.74, 6) is 0.0687. The van der Waals surface area contributed by atoms with Gasteiger partial charge < -0.3 is 14.7 Å². The number of aliphatic hydroxyl groups excluding tert-OH is 1. The van der Waals surface area contributed by atoms with E-state index >= 15 is 0 Å². The van der Waals surface area contributed by atoms with Crippen LogP contribution in [0, 0.1) is 6.92 Å². The number of hydrogen-bond donors (Lipinski definition) is 1. The van der Waals surface area contributed by atoms with Gasteiger partial charge in [-0.3, -0.25) is 14.4 Å². The number of nitrogens with zero attached hydrogens (tertiary/aromatic N) is 4. The Bertz CT molecular complexity index is 596. The summed E-state index contributed by atoms with van der Waals surface area (Å²) in [5.41, 5.74) is 1.52. The van der Waals surface area contributed by atoms with Gasteiger partial charge in [0.2, 0.25) is 0 Å². The van der Waals surface area contributed by atoms with Crippen LogP contribution in [0.5, 0.6) is 0 Å². The van der Waals surface area contributed by atoms with Gasteiger partial charge in [0.25, 0.3) is 5.91 Å². The number of ether oxygens (including phenoxy) is 1. The molecule has 0 aromatic carbocycles. The Labute approximate surface area is 155 Å². The second-order valence-corrected chi connectivity index (χ2v) is 7.41. The largest absolute Gasteiger partial charge is 0.392 e. The Morgan fingerprint density at radius 3 is 2.77 bits per heavy atom. The van der Waals surface area contributed by atoms with Crippen molar-refractivity contribution in [2.75, 3.05) is 39.4 Å². The zero-order valence-electron chi connectivity index (χ0n) is 16.1. The van der Waals surface area contributed by atoms with E-state index in [1.54, 1.807) is 4.68 Å². The maximum Gasteiger partial charge on any atom is 0.272 e. The molecule has 146 valence electrons. The van der Waals surface area contributed by atoms with E-state index in [1.807, 2.05) is 24.8 Å². The molecule has 0 spiro atoms. The minimum Gasteiger partial charge on any atom is -0.392 e. The minimum atomic E-state index is -0.189. The molecular formula is C19H32N4O3. The van der Waals surface area contributed by atoms with Gasteiger partial charge in [0, 0.05) is 32.3 Å². The Hall–Kier alpha value is -1.44. The molecule has 7 heteroatoms. The fourth-order valence-corrected chi connectivity index (χ4v) is 4.09. The Morgan fingerprint density at radius 1 is 1.31 bits per heavy atom. The third kappa shape index (κ3) is 4.64. The van der Waals surface area contributed by atoms with E-state index < -0.39 is 0 Å². The molecule has 7 nitrogen and oxygen atoms in total. The van der Waals surface area contributed by atoms with Crippen molar-refractivity contribution in [1.29, 1.82) is 0 Å². The summed E-state index contributed by atoms with van der Waals surface area (Å²) in [6.07, 6.45) is 3.75. The van der Waals surface area contributed by atoms with Crippen LogP contribution in [-0.2, 0) is 11.3 Å². The quantitative estimate of drug-likeness (QED) is 0.770. The van der Waals surface area contributed by atoms with Crippen LogP contribution in [-0.4, -0.2) is 82.1 Å². The van der Waals surface area contributed by atoms with Crippen molar-refractivity contribution in [3.05, 3.63) is 17.5 Å². The number of aryl methyl sites for hydroxylation is 1. The number of amides is 1. The predicted molar refractivity (Wildman–Crippen MR) is 99.2 cm³/mol. The second kappa shape index (κ2) is 8.97. The lowest BCUT2D eigenvalue weighted by atomic mass is 9.99. The molecule has 2 aliphatic rings. The van der Waals surface area contributed by atoms with Crippen molar-refractivity contribution >= 4 is 5.91 Å². The first-order valence-electron chi connectivity index (χ1n) is 9.92. The Balaban J connectivity index is 1.56. The zero-order chi connectivity index (χ0) is 18.5.